The molecule has 1 saturated heterocycles. The predicted molar refractivity (Wildman–Crippen MR) is 80.3 cm³/mol. The SMILES string of the molecule is Cc1cc(C2CCCN2C(=O)NC(C)c2ccc(C)o2)on1. The van der Waals surface area contributed by atoms with E-state index in [0.717, 1.165) is 42.4 Å². The molecule has 6 nitrogen and oxygen atoms in total. The fourth-order valence-corrected chi connectivity index (χ4v) is 2.87. The first kappa shape index (κ1) is 14.7. The Morgan fingerprint density at radius 3 is 2.91 bits per heavy atom. The Bertz CT molecular complexity index is 661. The van der Waals surface area contributed by atoms with Crippen LogP contribution in [0.4, 0.5) is 4.79 Å². The molecule has 1 fully saturated rings. The van der Waals surface area contributed by atoms with E-state index >= 15 is 0 Å². The highest BCUT2D eigenvalue weighted by molar-refractivity contribution is 5.75. The number of aryl methyl sites for hydroxylation is 2. The second-order valence-corrected chi connectivity index (χ2v) is 5.84. The normalized spacial score (nSPS) is 19.4. The van der Waals surface area contributed by atoms with Crippen LogP contribution in [0.25, 0.3) is 0 Å². The first-order valence-electron chi connectivity index (χ1n) is 7.61. The van der Waals surface area contributed by atoms with Crippen molar-refractivity contribution in [1.29, 1.82) is 0 Å². The maximum atomic E-state index is 12.5. The Kier molecular flexibility index (Phi) is 3.92. The largest absolute Gasteiger partial charge is 0.464 e. The molecular formula is C16H21N3O3. The van der Waals surface area contributed by atoms with Crippen molar-refractivity contribution in [1.82, 2.24) is 15.4 Å². The Morgan fingerprint density at radius 1 is 1.45 bits per heavy atom. The van der Waals surface area contributed by atoms with Crippen molar-refractivity contribution in [2.75, 3.05) is 6.54 Å². The molecule has 1 aliphatic heterocycles. The summed E-state index contributed by atoms with van der Waals surface area (Å²) >= 11 is 0. The van der Waals surface area contributed by atoms with Gasteiger partial charge in [0.2, 0.25) is 0 Å². The zero-order valence-corrected chi connectivity index (χ0v) is 13.1. The Labute approximate surface area is 129 Å². The number of urea groups is 1. The van der Waals surface area contributed by atoms with Gasteiger partial charge in [0.25, 0.3) is 0 Å². The lowest BCUT2D eigenvalue weighted by atomic mass is 10.1. The van der Waals surface area contributed by atoms with Crippen LogP contribution in [0.5, 0.6) is 0 Å². The number of nitrogens with zero attached hydrogens (tertiary/aromatic N) is 2. The number of likely N-dealkylation sites (tertiary alicyclic amines) is 1. The van der Waals surface area contributed by atoms with Crippen molar-refractivity contribution < 1.29 is 13.7 Å². The van der Waals surface area contributed by atoms with Crippen LogP contribution in [-0.2, 0) is 0 Å². The molecule has 2 amide bonds. The predicted octanol–water partition coefficient (Wildman–Crippen LogP) is 3.49. The number of hydrogen-bond acceptors (Lipinski definition) is 4. The lowest BCUT2D eigenvalue weighted by Crippen LogP contribution is -2.40. The molecule has 0 spiro atoms. The van der Waals surface area contributed by atoms with E-state index in [0.29, 0.717) is 0 Å². The number of furan rings is 1. The maximum Gasteiger partial charge on any atom is 0.318 e. The van der Waals surface area contributed by atoms with Gasteiger partial charge in [-0.25, -0.2) is 4.79 Å². The maximum absolute atomic E-state index is 12.5. The average Bonchev–Trinajstić information content (AvgIpc) is 3.17. The molecule has 1 N–H and O–H groups in total. The molecule has 2 atom stereocenters. The molecule has 2 aromatic heterocycles. The molecule has 2 unspecified atom stereocenters. The van der Waals surface area contributed by atoms with Gasteiger partial charge in [0, 0.05) is 12.6 Å². The molecule has 0 saturated carbocycles. The quantitative estimate of drug-likeness (QED) is 0.942. The van der Waals surface area contributed by atoms with Crippen LogP contribution in [0.15, 0.2) is 27.1 Å². The zero-order chi connectivity index (χ0) is 15.7. The summed E-state index contributed by atoms with van der Waals surface area (Å²) in [5.41, 5.74) is 0.835. The number of rotatable bonds is 3. The fourth-order valence-electron chi connectivity index (χ4n) is 2.87. The topological polar surface area (TPSA) is 71.5 Å². The molecule has 0 radical (unpaired) electrons. The minimum Gasteiger partial charge on any atom is -0.464 e. The van der Waals surface area contributed by atoms with E-state index in [2.05, 4.69) is 10.5 Å². The molecule has 3 rings (SSSR count). The van der Waals surface area contributed by atoms with Gasteiger partial charge in [-0.15, -0.1) is 0 Å². The summed E-state index contributed by atoms with van der Waals surface area (Å²) in [5.74, 6) is 2.36. The van der Waals surface area contributed by atoms with Crippen molar-refractivity contribution in [2.45, 2.75) is 45.7 Å². The third-order valence-electron chi connectivity index (χ3n) is 4.02. The minimum atomic E-state index is -0.168. The lowest BCUT2D eigenvalue weighted by molar-refractivity contribution is 0.178. The smallest absolute Gasteiger partial charge is 0.318 e. The summed E-state index contributed by atoms with van der Waals surface area (Å²) in [6.07, 6.45) is 1.86. The molecule has 1 aliphatic rings. The Balaban J connectivity index is 1.68. The summed E-state index contributed by atoms with van der Waals surface area (Å²) in [4.78, 5) is 14.3. The van der Waals surface area contributed by atoms with Crippen molar-refractivity contribution in [3.05, 3.63) is 41.2 Å². The van der Waals surface area contributed by atoms with Crippen molar-refractivity contribution in [3.63, 3.8) is 0 Å². The van der Waals surface area contributed by atoms with Gasteiger partial charge >= 0.3 is 6.03 Å². The van der Waals surface area contributed by atoms with Crippen LogP contribution < -0.4 is 5.32 Å². The van der Waals surface area contributed by atoms with Crippen LogP contribution in [0, 0.1) is 13.8 Å². The number of nitrogens with one attached hydrogen (secondary N) is 1. The van der Waals surface area contributed by atoms with Gasteiger partial charge in [-0.1, -0.05) is 5.16 Å². The number of hydrogen-bond donors (Lipinski definition) is 1. The molecule has 2 aromatic rings. The molecule has 0 aliphatic carbocycles. The highest BCUT2D eigenvalue weighted by Crippen LogP contribution is 2.32. The summed E-state index contributed by atoms with van der Waals surface area (Å²) < 4.78 is 10.9. The number of amides is 2. The summed E-state index contributed by atoms with van der Waals surface area (Å²) in [5, 5.41) is 6.91. The van der Waals surface area contributed by atoms with Crippen LogP contribution in [0.2, 0.25) is 0 Å². The first-order valence-corrected chi connectivity index (χ1v) is 7.61. The van der Waals surface area contributed by atoms with E-state index in [1.165, 1.54) is 0 Å². The Morgan fingerprint density at radius 2 is 2.27 bits per heavy atom. The lowest BCUT2D eigenvalue weighted by Gasteiger charge is -2.24. The second-order valence-electron chi connectivity index (χ2n) is 5.84. The van der Waals surface area contributed by atoms with E-state index in [1.807, 2.05) is 43.9 Å². The third kappa shape index (κ3) is 2.86. The van der Waals surface area contributed by atoms with E-state index in [-0.39, 0.29) is 18.1 Å². The van der Waals surface area contributed by atoms with E-state index in [1.54, 1.807) is 0 Å². The van der Waals surface area contributed by atoms with Gasteiger partial charge in [0.15, 0.2) is 5.76 Å². The van der Waals surface area contributed by atoms with Gasteiger partial charge in [-0.2, -0.15) is 0 Å². The molecule has 0 bridgehead atoms. The number of carbonyl (C=O) groups is 1. The minimum absolute atomic E-state index is 0.0354. The van der Waals surface area contributed by atoms with Crippen molar-refractivity contribution in [3.8, 4) is 0 Å². The van der Waals surface area contributed by atoms with Crippen LogP contribution in [0.1, 0.15) is 54.8 Å². The van der Waals surface area contributed by atoms with E-state index in [4.69, 9.17) is 8.94 Å². The number of carbonyl (C=O) groups excluding carboxylic acids is 1. The van der Waals surface area contributed by atoms with Gasteiger partial charge in [-0.05, 0) is 45.7 Å². The summed E-state index contributed by atoms with van der Waals surface area (Å²) in [6.45, 7) is 6.41. The highest BCUT2D eigenvalue weighted by Gasteiger charge is 2.33. The molecular weight excluding hydrogens is 282 g/mol. The van der Waals surface area contributed by atoms with Crippen LogP contribution >= 0.6 is 0 Å². The van der Waals surface area contributed by atoms with Crippen LogP contribution in [0.3, 0.4) is 0 Å². The van der Waals surface area contributed by atoms with E-state index in [9.17, 15) is 4.79 Å². The van der Waals surface area contributed by atoms with Gasteiger partial charge in [-0.3, -0.25) is 0 Å². The summed E-state index contributed by atoms with van der Waals surface area (Å²) in [7, 11) is 0. The number of aromatic nitrogens is 1. The molecule has 118 valence electrons. The van der Waals surface area contributed by atoms with Gasteiger partial charge in [0.1, 0.15) is 11.5 Å². The average molecular weight is 303 g/mol. The highest BCUT2D eigenvalue weighted by atomic mass is 16.5. The van der Waals surface area contributed by atoms with E-state index < -0.39 is 0 Å². The summed E-state index contributed by atoms with van der Waals surface area (Å²) in [6, 6.07) is 5.38. The zero-order valence-electron chi connectivity index (χ0n) is 13.1. The van der Waals surface area contributed by atoms with Crippen molar-refractivity contribution >= 4 is 6.03 Å². The molecule has 6 heteroatoms. The standard InChI is InChI=1S/C16H21N3O3/c1-10-9-15(22-18-10)13-5-4-8-19(13)16(20)17-12(3)14-7-6-11(2)21-14/h6-7,9,12-13H,4-5,8H2,1-3H3,(H,17,20). The molecule has 0 aromatic carbocycles. The van der Waals surface area contributed by atoms with Gasteiger partial charge in [0.05, 0.1) is 17.8 Å². The van der Waals surface area contributed by atoms with Crippen LogP contribution in [-0.4, -0.2) is 22.6 Å². The monoisotopic (exact) mass is 303 g/mol. The molecule has 3 heterocycles. The van der Waals surface area contributed by atoms with Gasteiger partial charge < -0.3 is 19.2 Å². The first-order chi connectivity index (χ1) is 10.5. The Hall–Kier alpha value is -2.24. The second kappa shape index (κ2) is 5.87. The van der Waals surface area contributed by atoms with Crippen molar-refractivity contribution in [2.24, 2.45) is 0 Å². The molecule has 22 heavy (non-hydrogen) atoms. The third-order valence-corrected chi connectivity index (χ3v) is 4.02. The fraction of sp³-hybridized carbons (Fsp3) is 0.500.